The predicted molar refractivity (Wildman–Crippen MR) is 67.9 cm³/mol. The van der Waals surface area contributed by atoms with Gasteiger partial charge in [-0.15, -0.1) is 0 Å². The van der Waals surface area contributed by atoms with Crippen molar-refractivity contribution >= 4 is 17.3 Å². The van der Waals surface area contributed by atoms with Crippen molar-refractivity contribution in [2.45, 2.75) is 0 Å². The van der Waals surface area contributed by atoms with Gasteiger partial charge in [-0.3, -0.25) is 10.1 Å². The van der Waals surface area contributed by atoms with Crippen LogP contribution in [0.4, 0.5) is 5.69 Å². The van der Waals surface area contributed by atoms with Crippen LogP contribution in [0.2, 0.25) is 5.15 Å². The lowest BCUT2D eigenvalue weighted by atomic mass is 10.1. The molecule has 1 heterocycles. The molecule has 0 radical (unpaired) electrons. The third kappa shape index (κ3) is 2.41. The van der Waals surface area contributed by atoms with Gasteiger partial charge >= 0.3 is 0 Å². The van der Waals surface area contributed by atoms with E-state index in [1.807, 2.05) is 0 Å². The van der Waals surface area contributed by atoms with Gasteiger partial charge < -0.3 is 4.74 Å². The van der Waals surface area contributed by atoms with Crippen LogP contribution in [0.1, 0.15) is 0 Å². The third-order valence-electron chi connectivity index (χ3n) is 2.37. The van der Waals surface area contributed by atoms with E-state index in [1.165, 1.54) is 19.2 Å². The van der Waals surface area contributed by atoms with Crippen molar-refractivity contribution in [1.29, 1.82) is 0 Å². The maximum Gasteiger partial charge on any atom is 0.274 e. The molecule has 1 aromatic heterocycles. The number of hydrogen-bond donors (Lipinski definition) is 0. The minimum absolute atomic E-state index is 0.0742. The average molecular weight is 265 g/mol. The SMILES string of the molecule is COc1ccccc1-c1cc([N+](=O)[O-])cc(Cl)n1. The van der Waals surface area contributed by atoms with Crippen LogP contribution in [0, 0.1) is 10.1 Å². The van der Waals surface area contributed by atoms with Crippen LogP contribution >= 0.6 is 11.6 Å². The van der Waals surface area contributed by atoms with E-state index in [0.29, 0.717) is 17.0 Å². The summed E-state index contributed by atoms with van der Waals surface area (Å²) in [7, 11) is 1.53. The topological polar surface area (TPSA) is 65.3 Å². The van der Waals surface area contributed by atoms with Crippen molar-refractivity contribution in [2.75, 3.05) is 7.11 Å². The molecule has 0 N–H and O–H groups in total. The first-order valence-corrected chi connectivity index (χ1v) is 5.45. The smallest absolute Gasteiger partial charge is 0.274 e. The Morgan fingerprint density at radius 2 is 2.06 bits per heavy atom. The fourth-order valence-electron chi connectivity index (χ4n) is 1.58. The molecule has 0 amide bonds. The normalized spacial score (nSPS) is 10.1. The number of methoxy groups -OCH3 is 1. The second-order valence-electron chi connectivity index (χ2n) is 3.49. The predicted octanol–water partition coefficient (Wildman–Crippen LogP) is 3.32. The van der Waals surface area contributed by atoms with E-state index in [9.17, 15) is 10.1 Å². The van der Waals surface area contributed by atoms with E-state index in [-0.39, 0.29) is 10.8 Å². The lowest BCUT2D eigenvalue weighted by Crippen LogP contribution is -1.93. The molecule has 0 saturated heterocycles. The Balaban J connectivity index is 2.60. The van der Waals surface area contributed by atoms with Crippen molar-refractivity contribution in [3.05, 3.63) is 51.7 Å². The Kier molecular flexibility index (Phi) is 3.43. The molecule has 0 bridgehead atoms. The van der Waals surface area contributed by atoms with Crippen LogP contribution in [0.3, 0.4) is 0 Å². The summed E-state index contributed by atoms with van der Waals surface area (Å²) in [4.78, 5) is 14.3. The van der Waals surface area contributed by atoms with Crippen LogP contribution in [0.25, 0.3) is 11.3 Å². The number of halogens is 1. The molecule has 0 atom stereocenters. The summed E-state index contributed by atoms with van der Waals surface area (Å²) in [6.07, 6.45) is 0. The van der Waals surface area contributed by atoms with Gasteiger partial charge in [-0.1, -0.05) is 23.7 Å². The van der Waals surface area contributed by atoms with Crippen molar-refractivity contribution in [3.63, 3.8) is 0 Å². The number of rotatable bonds is 3. The molecule has 0 aliphatic carbocycles. The number of ether oxygens (including phenoxy) is 1. The highest BCUT2D eigenvalue weighted by atomic mass is 35.5. The van der Waals surface area contributed by atoms with Gasteiger partial charge in [-0.05, 0) is 12.1 Å². The van der Waals surface area contributed by atoms with E-state index in [2.05, 4.69) is 4.98 Å². The van der Waals surface area contributed by atoms with Crippen LogP contribution in [-0.4, -0.2) is 17.0 Å². The van der Waals surface area contributed by atoms with Crippen LogP contribution in [0.5, 0.6) is 5.75 Å². The van der Waals surface area contributed by atoms with E-state index < -0.39 is 4.92 Å². The third-order valence-corrected chi connectivity index (χ3v) is 2.57. The summed E-state index contributed by atoms with van der Waals surface area (Å²) >= 11 is 5.78. The molecule has 2 rings (SSSR count). The average Bonchev–Trinajstić information content (AvgIpc) is 2.38. The van der Waals surface area contributed by atoms with E-state index in [1.54, 1.807) is 24.3 Å². The van der Waals surface area contributed by atoms with Gasteiger partial charge in [0.15, 0.2) is 0 Å². The molecule has 6 heteroatoms. The van der Waals surface area contributed by atoms with Crippen molar-refractivity contribution in [3.8, 4) is 17.0 Å². The molecule has 0 fully saturated rings. The summed E-state index contributed by atoms with van der Waals surface area (Å²) in [6.45, 7) is 0. The summed E-state index contributed by atoms with van der Waals surface area (Å²) in [5.74, 6) is 0.585. The molecule has 0 aliphatic rings. The highest BCUT2D eigenvalue weighted by molar-refractivity contribution is 6.29. The molecule has 2 aromatic rings. The Bertz CT molecular complexity index is 602. The lowest BCUT2D eigenvalue weighted by molar-refractivity contribution is -0.384. The summed E-state index contributed by atoms with van der Waals surface area (Å²) in [5.41, 5.74) is 0.966. The number of hydrogen-bond acceptors (Lipinski definition) is 4. The van der Waals surface area contributed by atoms with E-state index in [4.69, 9.17) is 16.3 Å². The van der Waals surface area contributed by atoms with Crippen LogP contribution < -0.4 is 4.74 Å². The molecular weight excluding hydrogens is 256 g/mol. The van der Waals surface area contributed by atoms with E-state index in [0.717, 1.165) is 0 Å². The first-order valence-electron chi connectivity index (χ1n) is 5.07. The monoisotopic (exact) mass is 264 g/mol. The van der Waals surface area contributed by atoms with Gasteiger partial charge in [0.25, 0.3) is 5.69 Å². The first-order chi connectivity index (χ1) is 8.61. The first kappa shape index (κ1) is 12.3. The quantitative estimate of drug-likeness (QED) is 0.485. The number of nitrogens with zero attached hydrogens (tertiary/aromatic N) is 2. The van der Waals surface area contributed by atoms with Gasteiger partial charge in [0.1, 0.15) is 10.9 Å². The maximum atomic E-state index is 10.8. The number of aromatic nitrogens is 1. The summed E-state index contributed by atoms with van der Waals surface area (Å²) in [6, 6.07) is 9.70. The Morgan fingerprint density at radius 1 is 1.33 bits per heavy atom. The zero-order valence-electron chi connectivity index (χ0n) is 9.46. The Labute approximate surface area is 108 Å². The zero-order valence-corrected chi connectivity index (χ0v) is 10.2. The number of benzene rings is 1. The zero-order chi connectivity index (χ0) is 13.1. The van der Waals surface area contributed by atoms with Gasteiger partial charge in [0.05, 0.1) is 23.8 Å². The molecular formula is C12H9ClN2O3. The Hall–Kier alpha value is -2.14. The molecule has 1 aromatic carbocycles. The molecule has 5 nitrogen and oxygen atoms in total. The van der Waals surface area contributed by atoms with Crippen LogP contribution in [0.15, 0.2) is 36.4 Å². The molecule has 0 aliphatic heterocycles. The van der Waals surface area contributed by atoms with E-state index >= 15 is 0 Å². The molecule has 18 heavy (non-hydrogen) atoms. The maximum absolute atomic E-state index is 10.8. The molecule has 92 valence electrons. The molecule has 0 unspecified atom stereocenters. The highest BCUT2D eigenvalue weighted by Gasteiger charge is 2.14. The molecule has 0 saturated carbocycles. The van der Waals surface area contributed by atoms with Gasteiger partial charge in [-0.25, -0.2) is 4.98 Å². The largest absolute Gasteiger partial charge is 0.496 e. The van der Waals surface area contributed by atoms with Crippen molar-refractivity contribution in [1.82, 2.24) is 4.98 Å². The van der Waals surface area contributed by atoms with Gasteiger partial charge in [0.2, 0.25) is 0 Å². The second-order valence-corrected chi connectivity index (χ2v) is 3.88. The standard InChI is InChI=1S/C12H9ClN2O3/c1-18-11-5-3-2-4-9(11)10-6-8(15(16)17)7-12(13)14-10/h2-7H,1H3. The van der Waals surface area contributed by atoms with Gasteiger partial charge in [0, 0.05) is 11.6 Å². The fourth-order valence-corrected chi connectivity index (χ4v) is 1.79. The van der Waals surface area contributed by atoms with Gasteiger partial charge in [-0.2, -0.15) is 0 Å². The number of para-hydroxylation sites is 1. The Morgan fingerprint density at radius 3 is 2.72 bits per heavy atom. The molecule has 0 spiro atoms. The lowest BCUT2D eigenvalue weighted by Gasteiger charge is -2.07. The van der Waals surface area contributed by atoms with Crippen LogP contribution in [-0.2, 0) is 0 Å². The van der Waals surface area contributed by atoms with Crippen molar-refractivity contribution in [2.24, 2.45) is 0 Å². The summed E-state index contributed by atoms with van der Waals surface area (Å²) < 4.78 is 5.19. The number of nitro groups is 1. The minimum atomic E-state index is -0.507. The fraction of sp³-hybridized carbons (Fsp3) is 0.0833. The minimum Gasteiger partial charge on any atom is -0.496 e. The highest BCUT2D eigenvalue weighted by Crippen LogP contribution is 2.31. The van der Waals surface area contributed by atoms with Crippen molar-refractivity contribution < 1.29 is 9.66 Å². The number of pyridine rings is 1. The summed E-state index contributed by atoms with van der Waals surface area (Å²) in [5, 5.41) is 10.9. The second kappa shape index (κ2) is 5.01.